The Hall–Kier alpha value is -2.35. The normalized spacial score (nSPS) is 15.6. The average molecular weight is 381 g/mol. The molecule has 0 saturated carbocycles. The van der Waals surface area contributed by atoms with Gasteiger partial charge >= 0.3 is 11.9 Å². The molecule has 1 aliphatic heterocycles. The van der Waals surface area contributed by atoms with E-state index in [0.29, 0.717) is 27.3 Å². The third kappa shape index (κ3) is 5.32. The van der Waals surface area contributed by atoms with Gasteiger partial charge in [0.15, 0.2) is 12.4 Å². The van der Waals surface area contributed by atoms with Gasteiger partial charge in [-0.25, -0.2) is 0 Å². The van der Waals surface area contributed by atoms with E-state index in [1.807, 2.05) is 0 Å². The Morgan fingerprint density at radius 2 is 1.85 bits per heavy atom. The zero-order valence-corrected chi connectivity index (χ0v) is 16.3. The summed E-state index contributed by atoms with van der Waals surface area (Å²) in [5.41, 5.74) is 1.67. The topological polar surface area (TPSA) is 98.0 Å². The summed E-state index contributed by atoms with van der Waals surface area (Å²) in [6.45, 7) is 6.21. The molecule has 1 aromatic heterocycles. The molecule has 0 radical (unpaired) electrons. The van der Waals surface area contributed by atoms with E-state index in [2.05, 4.69) is 6.92 Å². The smallest absolute Gasteiger partial charge is 0.303 e. The van der Waals surface area contributed by atoms with Crippen molar-refractivity contribution in [1.29, 1.82) is 0 Å². The van der Waals surface area contributed by atoms with E-state index in [9.17, 15) is 14.8 Å². The van der Waals surface area contributed by atoms with Gasteiger partial charge in [-0.2, -0.15) is 4.73 Å². The summed E-state index contributed by atoms with van der Waals surface area (Å²) in [6, 6.07) is 0. The van der Waals surface area contributed by atoms with Crippen molar-refractivity contribution in [3.63, 3.8) is 0 Å². The zero-order valence-electron chi connectivity index (χ0n) is 16.3. The minimum Gasteiger partial charge on any atom is -0.618 e. The second-order valence-electron chi connectivity index (χ2n) is 6.53. The van der Waals surface area contributed by atoms with Crippen LogP contribution >= 0.6 is 0 Å². The maximum Gasteiger partial charge on any atom is 0.303 e. The molecule has 27 heavy (non-hydrogen) atoms. The summed E-state index contributed by atoms with van der Waals surface area (Å²) in [5, 5.41) is 12.7. The molecule has 150 valence electrons. The van der Waals surface area contributed by atoms with Crippen molar-refractivity contribution in [2.45, 2.75) is 79.5 Å². The summed E-state index contributed by atoms with van der Waals surface area (Å²) >= 11 is 0. The number of rotatable bonds is 8. The molecule has 0 N–H and O–H groups in total. The fourth-order valence-corrected chi connectivity index (χ4v) is 2.96. The number of unbranched alkanes of at least 4 members (excludes halogenated alkanes) is 2. The van der Waals surface area contributed by atoms with Crippen molar-refractivity contribution in [2.24, 2.45) is 0 Å². The van der Waals surface area contributed by atoms with Crippen LogP contribution in [0, 0.1) is 12.1 Å². The van der Waals surface area contributed by atoms with Crippen molar-refractivity contribution in [3.05, 3.63) is 27.7 Å². The van der Waals surface area contributed by atoms with E-state index in [1.54, 1.807) is 6.92 Å². The molecule has 0 aromatic carbocycles. The first-order valence-corrected chi connectivity index (χ1v) is 9.16. The molecule has 8 nitrogen and oxygen atoms in total. The van der Waals surface area contributed by atoms with E-state index in [4.69, 9.17) is 18.9 Å². The number of nitrogens with zero attached hydrogens (tertiary/aromatic N) is 1. The van der Waals surface area contributed by atoms with Gasteiger partial charge in [0.2, 0.25) is 17.7 Å². The van der Waals surface area contributed by atoms with Crippen LogP contribution in [0.5, 0.6) is 5.75 Å². The highest BCUT2D eigenvalue weighted by molar-refractivity contribution is 5.66. The molecule has 1 aromatic rings. The van der Waals surface area contributed by atoms with Gasteiger partial charge < -0.3 is 24.2 Å². The molecule has 0 saturated heterocycles. The molecule has 1 unspecified atom stereocenters. The number of ether oxygens (including phenoxy) is 4. The lowest BCUT2D eigenvalue weighted by Crippen LogP contribution is -2.41. The Morgan fingerprint density at radius 3 is 2.48 bits per heavy atom. The second-order valence-corrected chi connectivity index (χ2v) is 6.53. The molecule has 1 atom stereocenters. The Balaban J connectivity index is 2.36. The number of carbonyl (C=O) groups is 2. The molecule has 1 aliphatic rings. The highest BCUT2D eigenvalue weighted by Crippen LogP contribution is 2.34. The number of fused-ring (bicyclic) bond motifs is 1. The van der Waals surface area contributed by atoms with Crippen LogP contribution < -0.4 is 9.47 Å². The van der Waals surface area contributed by atoms with Crippen molar-refractivity contribution >= 4 is 11.9 Å². The van der Waals surface area contributed by atoms with Gasteiger partial charge in [-0.15, -0.1) is 0 Å². The van der Waals surface area contributed by atoms with Crippen LogP contribution in [0.15, 0.2) is 0 Å². The lowest BCUT2D eigenvalue weighted by molar-refractivity contribution is -0.624. The quantitative estimate of drug-likeness (QED) is 0.295. The Labute approximate surface area is 158 Å². The molecule has 2 rings (SSSR count). The molecule has 0 spiro atoms. The van der Waals surface area contributed by atoms with Gasteiger partial charge in [-0.1, -0.05) is 19.8 Å². The van der Waals surface area contributed by atoms with Crippen LogP contribution in [0.3, 0.4) is 0 Å². The highest BCUT2D eigenvalue weighted by atomic mass is 16.7. The third-order valence-electron chi connectivity index (χ3n) is 4.40. The molecule has 2 heterocycles. The minimum absolute atomic E-state index is 0.121. The van der Waals surface area contributed by atoms with E-state index in [-0.39, 0.29) is 25.5 Å². The van der Waals surface area contributed by atoms with E-state index < -0.39 is 18.2 Å². The van der Waals surface area contributed by atoms with Crippen LogP contribution in [0.2, 0.25) is 0 Å². The molecule has 0 amide bonds. The summed E-state index contributed by atoms with van der Waals surface area (Å²) in [5.74, 6) is -0.533. The van der Waals surface area contributed by atoms with E-state index >= 15 is 0 Å². The van der Waals surface area contributed by atoms with Gasteiger partial charge in [-0.05, 0) is 6.42 Å². The van der Waals surface area contributed by atoms with Gasteiger partial charge in [0, 0.05) is 32.8 Å². The van der Waals surface area contributed by atoms with Crippen LogP contribution in [0.1, 0.15) is 69.0 Å². The number of pyridine rings is 1. The molecular formula is C19H27NO7. The maximum absolute atomic E-state index is 12.7. The minimum atomic E-state index is -0.507. The highest BCUT2D eigenvalue weighted by Gasteiger charge is 2.33. The van der Waals surface area contributed by atoms with Crippen molar-refractivity contribution < 1.29 is 33.3 Å². The zero-order chi connectivity index (χ0) is 20.0. The standard InChI is InChI=1S/C19H27NO7/c1-5-6-7-8-18-26-10-16-15(9-24-13(3)21)17(11-25-14(4)22)20(23)12(2)19(16)27-18/h18H,5-11H2,1-4H3. The lowest BCUT2D eigenvalue weighted by Gasteiger charge is -2.29. The number of carbonyl (C=O) groups excluding carboxylic acids is 2. The van der Waals surface area contributed by atoms with Crippen LogP contribution in [0.25, 0.3) is 0 Å². The Kier molecular flexibility index (Phi) is 7.41. The van der Waals surface area contributed by atoms with Gasteiger partial charge in [0.1, 0.15) is 6.61 Å². The first-order valence-electron chi connectivity index (χ1n) is 9.16. The molecule has 0 bridgehead atoms. The van der Waals surface area contributed by atoms with Gasteiger partial charge in [0.05, 0.1) is 12.2 Å². The SMILES string of the molecule is CCCCCC1OCc2c(COC(C)=O)c(COC(C)=O)[n+]([O-])c(C)c2O1. The Bertz CT molecular complexity index is 702. The molecule has 0 aliphatic carbocycles. The van der Waals surface area contributed by atoms with Crippen LogP contribution in [-0.2, 0) is 43.6 Å². The number of esters is 2. The van der Waals surface area contributed by atoms with Crippen LogP contribution in [0.4, 0.5) is 0 Å². The molecular weight excluding hydrogens is 354 g/mol. The predicted molar refractivity (Wildman–Crippen MR) is 94.4 cm³/mol. The summed E-state index contributed by atoms with van der Waals surface area (Å²) in [7, 11) is 0. The fourth-order valence-electron chi connectivity index (χ4n) is 2.96. The first-order chi connectivity index (χ1) is 12.8. The second kappa shape index (κ2) is 9.55. The van der Waals surface area contributed by atoms with Crippen molar-refractivity contribution in [3.8, 4) is 5.75 Å². The fraction of sp³-hybridized carbons (Fsp3) is 0.632. The number of aromatic nitrogens is 1. The summed E-state index contributed by atoms with van der Waals surface area (Å²) in [4.78, 5) is 22.4. The van der Waals surface area contributed by atoms with E-state index in [0.717, 1.165) is 25.7 Å². The first kappa shape index (κ1) is 21.0. The Morgan fingerprint density at radius 1 is 1.19 bits per heavy atom. The lowest BCUT2D eigenvalue weighted by atomic mass is 10.0. The summed E-state index contributed by atoms with van der Waals surface area (Å²) in [6.07, 6.45) is 3.46. The number of hydrogen-bond acceptors (Lipinski definition) is 7. The monoisotopic (exact) mass is 381 g/mol. The van der Waals surface area contributed by atoms with Crippen LogP contribution in [-0.4, -0.2) is 18.2 Å². The maximum atomic E-state index is 12.7. The van der Waals surface area contributed by atoms with Gasteiger partial charge in [-0.3, -0.25) is 9.59 Å². The van der Waals surface area contributed by atoms with E-state index in [1.165, 1.54) is 13.8 Å². The third-order valence-corrected chi connectivity index (χ3v) is 4.40. The van der Waals surface area contributed by atoms with Crippen molar-refractivity contribution in [1.82, 2.24) is 0 Å². The number of hydrogen-bond donors (Lipinski definition) is 0. The predicted octanol–water partition coefficient (Wildman–Crippen LogP) is 2.57. The summed E-state index contributed by atoms with van der Waals surface area (Å²) < 4.78 is 22.5. The molecule has 0 fully saturated rings. The van der Waals surface area contributed by atoms with Gasteiger partial charge in [0.25, 0.3) is 0 Å². The average Bonchev–Trinajstić information content (AvgIpc) is 2.62. The van der Waals surface area contributed by atoms with Crippen molar-refractivity contribution in [2.75, 3.05) is 0 Å². The molecule has 8 heteroatoms. The largest absolute Gasteiger partial charge is 0.618 e.